The molecule has 28 aromatic rings. The van der Waals surface area contributed by atoms with Crippen molar-refractivity contribution in [1.82, 2.24) is 57.3 Å². The van der Waals surface area contributed by atoms with Crippen LogP contribution < -0.4 is 0 Å². The quantitative estimate of drug-likeness (QED) is 0.142. The van der Waals surface area contributed by atoms with Crippen molar-refractivity contribution in [3.63, 3.8) is 0 Å². The Balaban J connectivity index is 0.000000103. The lowest BCUT2D eigenvalue weighted by Gasteiger charge is -2.09. The normalized spacial score (nSPS) is 11.8. The van der Waals surface area contributed by atoms with Crippen LogP contribution >= 0.6 is 0 Å². The average molecular weight is 1660 g/mol. The maximum atomic E-state index is 4.86. The molecule has 0 aliphatic rings. The number of rotatable bonds is 9. The van der Waals surface area contributed by atoms with Crippen LogP contribution in [-0.4, -0.2) is 57.3 Å². The largest absolute Gasteiger partial charge is 0.309 e. The number of para-hydroxylation sites is 10. The molecule has 0 aliphatic carbocycles. The molecule has 0 radical (unpaired) electrons. The van der Waals surface area contributed by atoms with Gasteiger partial charge in [-0.25, -0.2) is 0 Å². The lowest BCUT2D eigenvalue weighted by Crippen LogP contribution is -1.94. The lowest BCUT2D eigenvalue weighted by molar-refractivity contribution is 1.17. The first-order valence-electron chi connectivity index (χ1n) is 43.9. The van der Waals surface area contributed by atoms with Crippen LogP contribution in [0.4, 0.5) is 0 Å². The van der Waals surface area contributed by atoms with Gasteiger partial charge >= 0.3 is 0 Å². The molecule has 12 heteroatoms. The predicted molar refractivity (Wildman–Crippen MR) is 538 cm³/mol. The summed E-state index contributed by atoms with van der Waals surface area (Å²) >= 11 is 0. The second-order valence-electron chi connectivity index (χ2n) is 33.3. The fourth-order valence-corrected chi connectivity index (χ4v) is 20.5. The minimum Gasteiger partial charge on any atom is -0.309 e. The number of fused-ring (bicyclic) bond motifs is 26. The maximum absolute atomic E-state index is 4.86. The van der Waals surface area contributed by atoms with Crippen LogP contribution in [0.15, 0.2) is 450 Å². The summed E-state index contributed by atoms with van der Waals surface area (Å²) < 4.78 is 14.0. The molecular weight excluding hydrogens is 1590 g/mol. The fraction of sp³-hybridized carbons (Fsp3) is 0. The van der Waals surface area contributed by atoms with E-state index in [-0.39, 0.29) is 0 Å². The van der Waals surface area contributed by atoms with Gasteiger partial charge in [0.15, 0.2) is 0 Å². The first kappa shape index (κ1) is 73.8. The Bertz CT molecular complexity index is 8880. The Hall–Kier alpha value is -17.7. The topological polar surface area (TPSA) is 107 Å². The molecule has 0 amide bonds. The van der Waals surface area contributed by atoms with E-state index in [1.165, 1.54) is 115 Å². The van der Waals surface area contributed by atoms with Gasteiger partial charge in [-0.3, -0.25) is 29.9 Å². The highest BCUT2D eigenvalue weighted by molar-refractivity contribution is 6.26. The number of pyridine rings is 6. The van der Waals surface area contributed by atoms with Crippen molar-refractivity contribution in [1.29, 1.82) is 0 Å². The van der Waals surface area contributed by atoms with Gasteiger partial charge in [-0.2, -0.15) is 0 Å². The highest BCUT2D eigenvalue weighted by Gasteiger charge is 2.25. The van der Waals surface area contributed by atoms with Gasteiger partial charge in [-0.1, -0.05) is 218 Å². The molecule has 12 aromatic heterocycles. The second-order valence-corrected chi connectivity index (χ2v) is 33.3. The third-order valence-electron chi connectivity index (χ3n) is 26.2. The minimum atomic E-state index is 1.00. The molecule has 12 heterocycles. The van der Waals surface area contributed by atoms with Gasteiger partial charge in [0, 0.05) is 134 Å². The summed E-state index contributed by atoms with van der Waals surface area (Å²) in [6.45, 7) is 0. The number of aromatic nitrogens is 12. The number of nitrogens with zero attached hydrogens (tertiary/aromatic N) is 12. The van der Waals surface area contributed by atoms with Gasteiger partial charge in [0.2, 0.25) is 0 Å². The van der Waals surface area contributed by atoms with Crippen molar-refractivity contribution >= 4 is 175 Å². The summed E-state index contributed by atoms with van der Waals surface area (Å²) in [5.41, 5.74) is 32.6. The van der Waals surface area contributed by atoms with Crippen molar-refractivity contribution < 1.29 is 0 Å². The monoisotopic (exact) mass is 1660 g/mol. The Kier molecular flexibility index (Phi) is 17.0. The molecule has 606 valence electrons. The summed E-state index contributed by atoms with van der Waals surface area (Å²) in [4.78, 5) is 28.7. The summed E-state index contributed by atoms with van der Waals surface area (Å²) in [6, 6.07) is 144. The van der Waals surface area contributed by atoms with Gasteiger partial charge in [0.1, 0.15) is 0 Å². The van der Waals surface area contributed by atoms with Crippen LogP contribution in [0.2, 0.25) is 0 Å². The first-order valence-corrected chi connectivity index (χ1v) is 43.9. The molecule has 0 aliphatic heterocycles. The molecule has 0 saturated heterocycles. The Labute approximate surface area is 744 Å². The van der Waals surface area contributed by atoms with E-state index in [4.69, 9.17) is 24.9 Å². The Morgan fingerprint density at radius 1 is 0.146 bits per heavy atom. The van der Waals surface area contributed by atoms with E-state index >= 15 is 0 Å². The smallest absolute Gasteiger partial charge is 0.0963 e. The van der Waals surface area contributed by atoms with Gasteiger partial charge in [-0.05, 0) is 221 Å². The van der Waals surface area contributed by atoms with Crippen LogP contribution in [0.5, 0.6) is 0 Å². The summed E-state index contributed by atoms with van der Waals surface area (Å²) in [7, 11) is 0. The van der Waals surface area contributed by atoms with E-state index in [1.54, 1.807) is 0 Å². The standard InChI is InChI=1S/C42H26N4.2C38H24N4/c1-3-11-29(12-4-1)45-37-21-19-27(23-33(37)41-31-15-7-9-17-35(31)43-25-39(41)45)28-20-22-38-34(24-28)42-32-16-8-10-18-36(32)44-26-40(42)46(38)30-13-5-2-6-14-30;1-3-10-27(11-4-1)41-34-20-18-26(23-31(34)38-35(41)16-9-21-39-38)25-17-19-33-30(22-25)37-29-14-7-8-15-32(29)40-24-36(37)42(33)28-12-5-2-6-13-28;1-3-9-27(10-4-1)41-34-17-15-25(21-30(34)32-23-39-20-19-36(32)41)26-16-18-35-31(22-26)38-29-13-7-8-14-33(29)40-24-37(38)42(35)28-11-5-2-6-12-28/h1-26H;2*1-24H. The average Bonchev–Trinajstić information content (AvgIpc) is 1.55. The minimum absolute atomic E-state index is 1.00. The highest BCUT2D eigenvalue weighted by atomic mass is 15.0. The molecule has 28 rings (SSSR count). The van der Waals surface area contributed by atoms with Crippen molar-refractivity contribution in [3.05, 3.63) is 450 Å². The van der Waals surface area contributed by atoms with Gasteiger partial charge < -0.3 is 27.4 Å². The Morgan fingerprint density at radius 3 is 0.708 bits per heavy atom. The molecule has 0 saturated carbocycles. The first-order chi connectivity index (χ1) is 64.5. The van der Waals surface area contributed by atoms with Crippen LogP contribution in [-0.2, 0) is 0 Å². The molecular formula is C118H74N12. The third kappa shape index (κ3) is 11.8. The summed E-state index contributed by atoms with van der Waals surface area (Å²) in [5.74, 6) is 0. The number of hydrogen-bond donors (Lipinski definition) is 0. The number of benzene rings is 16. The fourth-order valence-electron chi connectivity index (χ4n) is 20.5. The van der Waals surface area contributed by atoms with E-state index in [0.717, 1.165) is 127 Å². The molecule has 0 spiro atoms. The third-order valence-corrected chi connectivity index (χ3v) is 26.2. The van der Waals surface area contributed by atoms with Gasteiger partial charge in [-0.15, -0.1) is 0 Å². The molecule has 0 atom stereocenters. The van der Waals surface area contributed by atoms with E-state index in [0.29, 0.717) is 0 Å². The second kappa shape index (κ2) is 30.0. The summed E-state index contributed by atoms with van der Waals surface area (Å²) in [5, 5.41) is 17.9. The highest BCUT2D eigenvalue weighted by Crippen LogP contribution is 2.46. The van der Waals surface area contributed by atoms with E-state index in [2.05, 4.69) is 433 Å². The van der Waals surface area contributed by atoms with Crippen molar-refractivity contribution in [3.8, 4) is 67.5 Å². The van der Waals surface area contributed by atoms with Crippen molar-refractivity contribution in [2.45, 2.75) is 0 Å². The molecule has 0 unspecified atom stereocenters. The van der Waals surface area contributed by atoms with Gasteiger partial charge in [0.05, 0.1) is 119 Å². The summed E-state index contributed by atoms with van der Waals surface area (Å²) in [6.07, 6.45) is 13.8. The number of hydrogen-bond acceptors (Lipinski definition) is 6. The molecule has 130 heavy (non-hydrogen) atoms. The molecule has 16 aromatic carbocycles. The van der Waals surface area contributed by atoms with E-state index in [9.17, 15) is 0 Å². The predicted octanol–water partition coefficient (Wildman–Crippen LogP) is 29.6. The van der Waals surface area contributed by atoms with Crippen LogP contribution in [0.1, 0.15) is 0 Å². The van der Waals surface area contributed by atoms with Crippen molar-refractivity contribution in [2.24, 2.45) is 0 Å². The van der Waals surface area contributed by atoms with E-state index in [1.807, 2.05) is 49.4 Å². The Morgan fingerprint density at radius 2 is 0.392 bits per heavy atom. The van der Waals surface area contributed by atoms with Crippen LogP contribution in [0, 0.1) is 0 Å². The zero-order valence-electron chi connectivity index (χ0n) is 70.1. The van der Waals surface area contributed by atoms with Gasteiger partial charge in [0.25, 0.3) is 0 Å². The molecule has 0 N–H and O–H groups in total. The van der Waals surface area contributed by atoms with Crippen LogP contribution in [0.25, 0.3) is 242 Å². The molecule has 0 fully saturated rings. The lowest BCUT2D eigenvalue weighted by atomic mass is 9.99. The molecule has 0 bridgehead atoms. The zero-order valence-corrected chi connectivity index (χ0v) is 70.1. The van der Waals surface area contributed by atoms with Crippen molar-refractivity contribution in [2.75, 3.05) is 0 Å². The van der Waals surface area contributed by atoms with Crippen LogP contribution in [0.3, 0.4) is 0 Å². The maximum Gasteiger partial charge on any atom is 0.0963 e. The molecule has 12 nitrogen and oxygen atoms in total. The van der Waals surface area contributed by atoms with E-state index < -0.39 is 0 Å². The SMILES string of the molecule is c1ccc(-n2c3ccc(-c4ccc5c(c4)c4c6ccccc6ncc4n5-c4ccccc4)cc3c3c4ccccc4ncc32)cc1.c1ccc(-n2c3ccc(-c4ccc5c(c4)c4c6ccccc6ncc4n5-c4ccccc4)cc3c3ncccc32)cc1.c1ccc(-n2c3ccncc3c3cc(-c4ccc5c(c4)c4c6ccccc6ncc4n5-c4ccccc4)ccc32)cc1. The zero-order chi connectivity index (χ0) is 85.4.